The number of fused-ring (bicyclic) bond motifs is 1. The van der Waals surface area contributed by atoms with Crippen LogP contribution in [0.3, 0.4) is 0 Å². The summed E-state index contributed by atoms with van der Waals surface area (Å²) in [6.45, 7) is 0. The molecule has 6 heteroatoms. The van der Waals surface area contributed by atoms with Gasteiger partial charge in [0.2, 0.25) is 10.0 Å². The summed E-state index contributed by atoms with van der Waals surface area (Å²) < 4.78 is 26.3. The molecule has 0 unspecified atom stereocenters. The van der Waals surface area contributed by atoms with Gasteiger partial charge < -0.3 is 4.57 Å². The minimum absolute atomic E-state index is 0.444. The minimum atomic E-state index is -3.36. The molecule has 0 amide bonds. The number of hydrogen-bond donors (Lipinski definition) is 0. The summed E-state index contributed by atoms with van der Waals surface area (Å²) in [6, 6.07) is 7.23. The van der Waals surface area contributed by atoms with Crippen LogP contribution in [0.1, 0.15) is 5.56 Å². The van der Waals surface area contributed by atoms with Crippen molar-refractivity contribution in [3.8, 4) is 6.07 Å². The van der Waals surface area contributed by atoms with E-state index in [0.29, 0.717) is 11.3 Å². The standard InChI is InChI=1S/C12H13N3O2S/c1-14-5-4-10-6-9(8-13)7-11(12(10)14)15(2)18(3,16)17/h4-7H,1-3H3. The maximum Gasteiger partial charge on any atom is 0.232 e. The van der Waals surface area contributed by atoms with Crippen LogP contribution in [-0.2, 0) is 17.1 Å². The summed E-state index contributed by atoms with van der Waals surface area (Å²) in [5.74, 6) is 0. The number of rotatable bonds is 2. The van der Waals surface area contributed by atoms with E-state index in [-0.39, 0.29) is 0 Å². The summed E-state index contributed by atoms with van der Waals surface area (Å²) >= 11 is 0. The normalized spacial score (nSPS) is 11.4. The van der Waals surface area contributed by atoms with Crippen LogP contribution in [0.5, 0.6) is 0 Å². The second kappa shape index (κ2) is 4.03. The Bertz CT molecular complexity index is 753. The zero-order valence-electron chi connectivity index (χ0n) is 10.4. The van der Waals surface area contributed by atoms with Crippen molar-refractivity contribution in [3.05, 3.63) is 30.0 Å². The van der Waals surface area contributed by atoms with E-state index < -0.39 is 10.0 Å². The molecule has 1 heterocycles. The van der Waals surface area contributed by atoms with E-state index in [9.17, 15) is 8.42 Å². The molecular weight excluding hydrogens is 250 g/mol. The maximum atomic E-state index is 11.6. The smallest absolute Gasteiger partial charge is 0.232 e. The lowest BCUT2D eigenvalue weighted by atomic mass is 10.1. The Balaban J connectivity index is 2.83. The zero-order valence-corrected chi connectivity index (χ0v) is 11.2. The Morgan fingerprint density at radius 3 is 2.61 bits per heavy atom. The van der Waals surface area contributed by atoms with Gasteiger partial charge in [-0.15, -0.1) is 0 Å². The second-order valence-corrected chi connectivity index (χ2v) is 6.22. The van der Waals surface area contributed by atoms with Gasteiger partial charge in [0.15, 0.2) is 0 Å². The predicted octanol–water partition coefficient (Wildman–Crippen LogP) is 1.45. The molecule has 0 radical (unpaired) electrons. The first-order valence-electron chi connectivity index (χ1n) is 5.27. The maximum absolute atomic E-state index is 11.6. The Morgan fingerprint density at radius 2 is 2.06 bits per heavy atom. The van der Waals surface area contributed by atoms with E-state index >= 15 is 0 Å². The van der Waals surface area contributed by atoms with Gasteiger partial charge in [-0.3, -0.25) is 4.31 Å². The van der Waals surface area contributed by atoms with Crippen molar-refractivity contribution >= 4 is 26.6 Å². The molecule has 5 nitrogen and oxygen atoms in total. The number of nitriles is 1. The van der Waals surface area contributed by atoms with Crippen molar-refractivity contribution in [1.29, 1.82) is 5.26 Å². The molecule has 0 aliphatic rings. The third-order valence-corrected chi connectivity index (χ3v) is 4.11. The van der Waals surface area contributed by atoms with Crippen molar-refractivity contribution in [2.24, 2.45) is 7.05 Å². The molecule has 0 saturated heterocycles. The van der Waals surface area contributed by atoms with Gasteiger partial charge in [-0.1, -0.05) is 0 Å². The van der Waals surface area contributed by atoms with Crippen LogP contribution in [0.25, 0.3) is 10.9 Å². The fourth-order valence-corrected chi connectivity index (χ4v) is 2.40. The second-order valence-electron chi connectivity index (χ2n) is 4.20. The summed E-state index contributed by atoms with van der Waals surface area (Å²) in [4.78, 5) is 0. The molecule has 0 saturated carbocycles. The average molecular weight is 263 g/mol. The number of nitrogens with zero attached hydrogens (tertiary/aromatic N) is 3. The summed E-state index contributed by atoms with van der Waals surface area (Å²) in [6.07, 6.45) is 2.98. The van der Waals surface area contributed by atoms with E-state index in [1.807, 2.05) is 29.9 Å². The largest absolute Gasteiger partial charge is 0.349 e. The van der Waals surface area contributed by atoms with Crippen LogP contribution < -0.4 is 4.31 Å². The van der Waals surface area contributed by atoms with Gasteiger partial charge in [-0.05, 0) is 18.2 Å². The van der Waals surface area contributed by atoms with Gasteiger partial charge in [0.05, 0.1) is 29.1 Å². The van der Waals surface area contributed by atoms with Crippen LogP contribution in [0.2, 0.25) is 0 Å². The first-order chi connectivity index (χ1) is 8.34. The van der Waals surface area contributed by atoms with E-state index in [0.717, 1.165) is 17.2 Å². The van der Waals surface area contributed by atoms with Crippen molar-refractivity contribution in [1.82, 2.24) is 4.57 Å². The van der Waals surface area contributed by atoms with Crippen LogP contribution >= 0.6 is 0 Å². The highest BCUT2D eigenvalue weighted by Gasteiger charge is 2.17. The Hall–Kier alpha value is -2.00. The number of benzene rings is 1. The zero-order chi connectivity index (χ0) is 13.5. The lowest BCUT2D eigenvalue weighted by Crippen LogP contribution is -2.25. The molecule has 94 valence electrons. The Labute approximate surface area is 106 Å². The monoisotopic (exact) mass is 263 g/mol. The average Bonchev–Trinajstić information content (AvgIpc) is 2.68. The third kappa shape index (κ3) is 1.93. The fourth-order valence-electron chi connectivity index (χ4n) is 1.90. The van der Waals surface area contributed by atoms with Crippen LogP contribution in [0, 0.1) is 11.3 Å². The van der Waals surface area contributed by atoms with Crippen LogP contribution in [0.4, 0.5) is 5.69 Å². The molecule has 0 aliphatic heterocycles. The molecule has 0 bridgehead atoms. The van der Waals surface area contributed by atoms with Gasteiger partial charge in [0.25, 0.3) is 0 Å². The van der Waals surface area contributed by atoms with Crippen LogP contribution in [0.15, 0.2) is 24.4 Å². The molecule has 0 fully saturated rings. The fraction of sp³-hybridized carbons (Fsp3) is 0.250. The van der Waals surface area contributed by atoms with Crippen molar-refractivity contribution < 1.29 is 8.42 Å². The highest BCUT2D eigenvalue weighted by atomic mass is 32.2. The highest BCUT2D eigenvalue weighted by molar-refractivity contribution is 7.92. The van der Waals surface area contributed by atoms with Gasteiger partial charge in [-0.2, -0.15) is 5.26 Å². The Morgan fingerprint density at radius 1 is 1.39 bits per heavy atom. The van der Waals surface area contributed by atoms with E-state index in [1.165, 1.54) is 11.4 Å². The molecule has 2 aromatic rings. The molecule has 2 rings (SSSR count). The summed E-state index contributed by atoms with van der Waals surface area (Å²) in [7, 11) is -0.0307. The van der Waals surface area contributed by atoms with Gasteiger partial charge in [0.1, 0.15) is 0 Å². The first kappa shape index (κ1) is 12.5. The first-order valence-corrected chi connectivity index (χ1v) is 7.12. The molecule has 0 spiro atoms. The topological polar surface area (TPSA) is 66.1 Å². The molecule has 1 aromatic heterocycles. The van der Waals surface area contributed by atoms with Crippen molar-refractivity contribution in [2.75, 3.05) is 17.6 Å². The number of aryl methyl sites for hydroxylation is 1. The lowest BCUT2D eigenvalue weighted by molar-refractivity contribution is 0.600. The Kier molecular flexibility index (Phi) is 2.79. The summed E-state index contributed by atoms with van der Waals surface area (Å²) in [5.41, 5.74) is 1.75. The number of anilines is 1. The molecule has 18 heavy (non-hydrogen) atoms. The molecule has 0 aliphatic carbocycles. The summed E-state index contributed by atoms with van der Waals surface area (Å²) in [5, 5.41) is 9.84. The minimum Gasteiger partial charge on any atom is -0.349 e. The number of hydrogen-bond acceptors (Lipinski definition) is 3. The lowest BCUT2D eigenvalue weighted by Gasteiger charge is -2.18. The van der Waals surface area contributed by atoms with Gasteiger partial charge in [0, 0.05) is 25.7 Å². The van der Waals surface area contributed by atoms with E-state index in [1.54, 1.807) is 12.1 Å². The number of aromatic nitrogens is 1. The van der Waals surface area contributed by atoms with Crippen molar-refractivity contribution in [3.63, 3.8) is 0 Å². The molecule has 0 N–H and O–H groups in total. The van der Waals surface area contributed by atoms with Gasteiger partial charge in [-0.25, -0.2) is 8.42 Å². The van der Waals surface area contributed by atoms with Crippen LogP contribution in [-0.4, -0.2) is 26.3 Å². The molecule has 1 aromatic carbocycles. The highest BCUT2D eigenvalue weighted by Crippen LogP contribution is 2.29. The van der Waals surface area contributed by atoms with Crippen molar-refractivity contribution in [2.45, 2.75) is 0 Å². The third-order valence-electron chi connectivity index (χ3n) is 2.92. The van der Waals surface area contributed by atoms with E-state index in [2.05, 4.69) is 0 Å². The van der Waals surface area contributed by atoms with E-state index in [4.69, 9.17) is 5.26 Å². The number of sulfonamides is 1. The molecular formula is C12H13N3O2S. The predicted molar refractivity (Wildman–Crippen MR) is 70.9 cm³/mol. The van der Waals surface area contributed by atoms with Gasteiger partial charge >= 0.3 is 0 Å². The quantitative estimate of drug-likeness (QED) is 0.823. The SMILES string of the molecule is CN(c1cc(C#N)cc2ccn(C)c12)S(C)(=O)=O. The molecule has 0 atom stereocenters.